The molecule has 0 saturated carbocycles. The molecule has 4 rings (SSSR count). The van der Waals surface area contributed by atoms with Crippen molar-refractivity contribution in [2.24, 2.45) is 5.92 Å². The van der Waals surface area contributed by atoms with Crippen LogP contribution in [-0.4, -0.2) is 39.7 Å². The lowest BCUT2D eigenvalue weighted by Gasteiger charge is -2.18. The minimum atomic E-state index is 0.0431. The van der Waals surface area contributed by atoms with Crippen molar-refractivity contribution in [1.82, 2.24) is 20.0 Å². The highest BCUT2D eigenvalue weighted by molar-refractivity contribution is 5.95. The SMILES string of the molecule is C[C@H]1CN(Cc2ccccc2)C[C@@H]1NC(=O)c1cnn2c1CCCC2. The fourth-order valence-electron chi connectivity index (χ4n) is 4.08. The van der Waals surface area contributed by atoms with Gasteiger partial charge in [-0.25, -0.2) is 0 Å². The van der Waals surface area contributed by atoms with Crippen LogP contribution < -0.4 is 5.32 Å². The zero-order valence-corrected chi connectivity index (χ0v) is 14.8. The van der Waals surface area contributed by atoms with E-state index in [4.69, 9.17) is 0 Å². The highest BCUT2D eigenvalue weighted by Gasteiger charge is 2.31. The van der Waals surface area contributed by atoms with Crippen molar-refractivity contribution in [2.75, 3.05) is 13.1 Å². The van der Waals surface area contributed by atoms with Gasteiger partial charge >= 0.3 is 0 Å². The Kier molecular flexibility index (Phi) is 4.57. The van der Waals surface area contributed by atoms with Crippen LogP contribution in [0.2, 0.25) is 0 Å². The third-order valence-electron chi connectivity index (χ3n) is 5.48. The normalized spacial score (nSPS) is 23.4. The van der Waals surface area contributed by atoms with Crippen LogP contribution >= 0.6 is 0 Å². The first-order valence-corrected chi connectivity index (χ1v) is 9.32. The molecule has 0 aliphatic carbocycles. The Labute approximate surface area is 149 Å². The number of carbonyl (C=O) groups excluding carboxylic acids is 1. The van der Waals surface area contributed by atoms with Gasteiger partial charge in [0.15, 0.2) is 0 Å². The van der Waals surface area contributed by atoms with E-state index < -0.39 is 0 Å². The maximum absolute atomic E-state index is 12.8. The van der Waals surface area contributed by atoms with Crippen LogP contribution in [0.5, 0.6) is 0 Å². The van der Waals surface area contributed by atoms with Gasteiger partial charge in [-0.3, -0.25) is 14.4 Å². The lowest BCUT2D eigenvalue weighted by molar-refractivity contribution is 0.0930. The molecule has 2 atom stereocenters. The van der Waals surface area contributed by atoms with Gasteiger partial charge in [0.1, 0.15) is 0 Å². The first kappa shape index (κ1) is 16.3. The van der Waals surface area contributed by atoms with E-state index in [1.165, 1.54) is 5.56 Å². The molecular weight excluding hydrogens is 312 g/mol. The average Bonchev–Trinajstić information content (AvgIpc) is 3.19. The minimum Gasteiger partial charge on any atom is -0.348 e. The smallest absolute Gasteiger partial charge is 0.255 e. The minimum absolute atomic E-state index is 0.0431. The Bertz CT molecular complexity index is 739. The number of aryl methyl sites for hydroxylation is 1. The lowest BCUT2D eigenvalue weighted by atomic mass is 10.0. The van der Waals surface area contributed by atoms with Gasteiger partial charge in [-0.1, -0.05) is 37.3 Å². The Morgan fingerprint density at radius 3 is 2.92 bits per heavy atom. The van der Waals surface area contributed by atoms with Gasteiger partial charge in [0, 0.05) is 32.2 Å². The van der Waals surface area contributed by atoms with E-state index in [9.17, 15) is 4.79 Å². The van der Waals surface area contributed by atoms with E-state index in [-0.39, 0.29) is 11.9 Å². The first-order chi connectivity index (χ1) is 12.2. The van der Waals surface area contributed by atoms with E-state index in [0.29, 0.717) is 5.92 Å². The van der Waals surface area contributed by atoms with Crippen LogP contribution in [0, 0.1) is 5.92 Å². The van der Waals surface area contributed by atoms with Crippen LogP contribution in [0.25, 0.3) is 0 Å². The van der Waals surface area contributed by atoms with Gasteiger partial charge in [-0.15, -0.1) is 0 Å². The number of hydrogen-bond acceptors (Lipinski definition) is 3. The maximum Gasteiger partial charge on any atom is 0.255 e. The third kappa shape index (κ3) is 3.47. The molecule has 1 amide bonds. The number of benzene rings is 1. The maximum atomic E-state index is 12.8. The highest BCUT2D eigenvalue weighted by atomic mass is 16.1. The molecule has 3 heterocycles. The lowest BCUT2D eigenvalue weighted by Crippen LogP contribution is -2.40. The van der Waals surface area contributed by atoms with Crippen molar-refractivity contribution in [2.45, 2.75) is 45.3 Å². The molecule has 1 aromatic heterocycles. The summed E-state index contributed by atoms with van der Waals surface area (Å²) >= 11 is 0. The van der Waals surface area contributed by atoms with Gasteiger partial charge < -0.3 is 5.32 Å². The van der Waals surface area contributed by atoms with Crippen molar-refractivity contribution in [3.05, 3.63) is 53.3 Å². The first-order valence-electron chi connectivity index (χ1n) is 9.32. The molecule has 1 fully saturated rings. The van der Waals surface area contributed by atoms with Crippen LogP contribution in [0.3, 0.4) is 0 Å². The predicted octanol–water partition coefficient (Wildman–Crippen LogP) is 2.47. The number of rotatable bonds is 4. The molecule has 0 spiro atoms. The zero-order valence-electron chi connectivity index (χ0n) is 14.8. The van der Waals surface area contributed by atoms with Crippen molar-refractivity contribution in [1.29, 1.82) is 0 Å². The molecule has 25 heavy (non-hydrogen) atoms. The predicted molar refractivity (Wildman–Crippen MR) is 97.3 cm³/mol. The quantitative estimate of drug-likeness (QED) is 0.932. The van der Waals surface area contributed by atoms with Crippen molar-refractivity contribution >= 4 is 5.91 Å². The summed E-state index contributed by atoms with van der Waals surface area (Å²) < 4.78 is 2.00. The molecule has 2 aromatic rings. The van der Waals surface area contributed by atoms with E-state index in [1.54, 1.807) is 6.20 Å². The second-order valence-electron chi connectivity index (χ2n) is 7.42. The number of nitrogens with one attached hydrogen (secondary N) is 1. The van der Waals surface area contributed by atoms with Crippen LogP contribution in [0.15, 0.2) is 36.5 Å². The van der Waals surface area contributed by atoms with Crippen molar-refractivity contribution < 1.29 is 4.79 Å². The average molecular weight is 338 g/mol. The molecule has 2 aliphatic heterocycles. The van der Waals surface area contributed by atoms with E-state index in [0.717, 1.165) is 56.7 Å². The molecule has 2 aliphatic rings. The summed E-state index contributed by atoms with van der Waals surface area (Å²) in [7, 11) is 0. The highest BCUT2D eigenvalue weighted by Crippen LogP contribution is 2.21. The summed E-state index contributed by atoms with van der Waals surface area (Å²) in [5, 5.41) is 7.65. The second-order valence-corrected chi connectivity index (χ2v) is 7.42. The summed E-state index contributed by atoms with van der Waals surface area (Å²) in [4.78, 5) is 15.2. The van der Waals surface area contributed by atoms with Gasteiger partial charge in [0.25, 0.3) is 5.91 Å². The fourth-order valence-corrected chi connectivity index (χ4v) is 4.08. The van der Waals surface area contributed by atoms with Gasteiger partial charge in [0.2, 0.25) is 0 Å². The molecule has 1 N–H and O–H groups in total. The van der Waals surface area contributed by atoms with Crippen molar-refractivity contribution in [3.63, 3.8) is 0 Å². The summed E-state index contributed by atoms with van der Waals surface area (Å²) in [6, 6.07) is 10.7. The number of nitrogens with zero attached hydrogens (tertiary/aromatic N) is 3. The molecular formula is C20H26N4O. The zero-order chi connectivity index (χ0) is 17.2. The standard InChI is InChI=1S/C20H26N4O/c1-15-12-23(13-16-7-3-2-4-8-16)14-18(15)22-20(25)17-11-21-24-10-6-5-9-19(17)24/h2-4,7-8,11,15,18H,5-6,9-10,12-14H2,1H3,(H,22,25)/t15-,18-/m0/s1. The van der Waals surface area contributed by atoms with Gasteiger partial charge in [0.05, 0.1) is 17.5 Å². The van der Waals surface area contributed by atoms with Crippen LogP contribution in [0.1, 0.15) is 41.4 Å². The fraction of sp³-hybridized carbons (Fsp3) is 0.500. The van der Waals surface area contributed by atoms with E-state index in [2.05, 4.69) is 46.5 Å². The number of likely N-dealkylation sites (tertiary alicyclic amines) is 1. The molecule has 1 aromatic carbocycles. The molecule has 1 saturated heterocycles. The van der Waals surface area contributed by atoms with E-state index >= 15 is 0 Å². The Balaban J connectivity index is 1.39. The molecule has 132 valence electrons. The Hall–Kier alpha value is -2.14. The summed E-state index contributed by atoms with van der Waals surface area (Å²) in [6.45, 7) is 6.04. The van der Waals surface area contributed by atoms with Crippen molar-refractivity contribution in [3.8, 4) is 0 Å². The Morgan fingerprint density at radius 1 is 1.24 bits per heavy atom. The van der Waals surface area contributed by atoms with Crippen LogP contribution in [-0.2, 0) is 19.5 Å². The number of amides is 1. The number of carbonyl (C=O) groups is 1. The topological polar surface area (TPSA) is 50.2 Å². The van der Waals surface area contributed by atoms with Crippen LogP contribution in [0.4, 0.5) is 0 Å². The third-order valence-corrected chi connectivity index (χ3v) is 5.48. The summed E-state index contributed by atoms with van der Waals surface area (Å²) in [5.41, 5.74) is 3.20. The molecule has 0 bridgehead atoms. The largest absolute Gasteiger partial charge is 0.348 e. The number of hydrogen-bond donors (Lipinski definition) is 1. The second kappa shape index (κ2) is 7.00. The summed E-state index contributed by atoms with van der Waals surface area (Å²) in [6.07, 6.45) is 5.01. The molecule has 0 radical (unpaired) electrons. The molecule has 0 unspecified atom stereocenters. The number of aromatic nitrogens is 2. The molecule has 5 heteroatoms. The summed E-state index contributed by atoms with van der Waals surface area (Å²) in [5.74, 6) is 0.501. The number of fused-ring (bicyclic) bond motifs is 1. The van der Waals surface area contributed by atoms with E-state index in [1.807, 2.05) is 10.7 Å². The monoisotopic (exact) mass is 338 g/mol. The molecule has 5 nitrogen and oxygen atoms in total. The van der Waals surface area contributed by atoms with Gasteiger partial charge in [-0.05, 0) is 30.7 Å². The van der Waals surface area contributed by atoms with Gasteiger partial charge in [-0.2, -0.15) is 5.10 Å². The Morgan fingerprint density at radius 2 is 2.08 bits per heavy atom.